The minimum absolute atomic E-state index is 0.207. The molecule has 0 N–H and O–H groups in total. The molecule has 0 spiro atoms. The van der Waals surface area contributed by atoms with E-state index in [1.165, 1.54) is 13.2 Å². The van der Waals surface area contributed by atoms with Crippen molar-refractivity contribution in [1.82, 2.24) is 0 Å². The summed E-state index contributed by atoms with van der Waals surface area (Å²) in [5.41, 5.74) is 1.28. The van der Waals surface area contributed by atoms with Gasteiger partial charge in [0.05, 0.1) is 18.9 Å². The van der Waals surface area contributed by atoms with Crippen molar-refractivity contribution in [2.45, 2.75) is 6.92 Å². The Kier molecular flexibility index (Phi) is 7.24. The first-order valence-electron chi connectivity index (χ1n) is 7.96. The number of carbonyl (C=O) groups is 2. The third kappa shape index (κ3) is 6.32. The summed E-state index contributed by atoms with van der Waals surface area (Å²) in [5, 5.41) is 0. The molecule has 2 aromatic rings. The van der Waals surface area contributed by atoms with Gasteiger partial charge in [-0.1, -0.05) is 12.1 Å². The topological polar surface area (TPSA) is 71.1 Å². The quantitative estimate of drug-likeness (QED) is 0.410. The van der Waals surface area contributed by atoms with E-state index in [9.17, 15) is 9.59 Å². The number of benzene rings is 2. The fourth-order valence-corrected chi connectivity index (χ4v) is 1.99. The highest BCUT2D eigenvalue weighted by molar-refractivity contribution is 5.90. The first kappa shape index (κ1) is 19.1. The smallest absolute Gasteiger partial charge is 0.342 e. The molecular weight excluding hydrogens is 336 g/mol. The average Bonchev–Trinajstić information content (AvgIpc) is 2.66. The zero-order chi connectivity index (χ0) is 18.8. The minimum atomic E-state index is -0.450. The summed E-state index contributed by atoms with van der Waals surface area (Å²) in [6.45, 7) is 1.84. The summed E-state index contributed by atoms with van der Waals surface area (Å²) < 4.78 is 20.4. The van der Waals surface area contributed by atoms with E-state index in [4.69, 9.17) is 18.9 Å². The SMILES string of the molecule is COc1ccc(C(=O)O/C=C/c2ccc(OCCOC(C)=O)cc2)cc1. The third-order valence-electron chi connectivity index (χ3n) is 3.30. The van der Waals surface area contributed by atoms with Gasteiger partial charge < -0.3 is 18.9 Å². The lowest BCUT2D eigenvalue weighted by molar-refractivity contribution is -0.141. The fraction of sp³-hybridized carbons (Fsp3) is 0.200. The van der Waals surface area contributed by atoms with Crippen molar-refractivity contribution in [3.63, 3.8) is 0 Å². The number of ether oxygens (including phenoxy) is 4. The first-order chi connectivity index (χ1) is 12.6. The summed E-state index contributed by atoms with van der Waals surface area (Å²) in [4.78, 5) is 22.6. The monoisotopic (exact) mass is 356 g/mol. The molecular formula is C20H20O6. The number of carbonyl (C=O) groups excluding carboxylic acids is 2. The molecule has 0 unspecified atom stereocenters. The van der Waals surface area contributed by atoms with Crippen molar-refractivity contribution in [2.24, 2.45) is 0 Å². The minimum Gasteiger partial charge on any atom is -0.497 e. The Bertz CT molecular complexity index is 747. The second-order valence-electron chi connectivity index (χ2n) is 5.19. The van der Waals surface area contributed by atoms with E-state index in [0.717, 1.165) is 5.56 Å². The molecule has 0 atom stereocenters. The predicted molar refractivity (Wildman–Crippen MR) is 96.0 cm³/mol. The average molecular weight is 356 g/mol. The number of hydrogen-bond acceptors (Lipinski definition) is 6. The van der Waals surface area contributed by atoms with Crippen LogP contribution in [0, 0.1) is 0 Å². The molecule has 0 fully saturated rings. The van der Waals surface area contributed by atoms with Crippen molar-refractivity contribution in [3.8, 4) is 11.5 Å². The van der Waals surface area contributed by atoms with E-state index in [2.05, 4.69) is 0 Å². The Morgan fingerprint density at radius 2 is 1.58 bits per heavy atom. The maximum absolute atomic E-state index is 11.9. The molecule has 26 heavy (non-hydrogen) atoms. The van der Waals surface area contributed by atoms with Gasteiger partial charge in [-0.2, -0.15) is 0 Å². The van der Waals surface area contributed by atoms with E-state index in [1.807, 2.05) is 12.1 Å². The zero-order valence-electron chi connectivity index (χ0n) is 14.6. The van der Waals surface area contributed by atoms with Crippen molar-refractivity contribution < 1.29 is 28.5 Å². The molecule has 0 bridgehead atoms. The van der Waals surface area contributed by atoms with E-state index in [0.29, 0.717) is 17.1 Å². The van der Waals surface area contributed by atoms with Crippen LogP contribution < -0.4 is 9.47 Å². The lowest BCUT2D eigenvalue weighted by atomic mass is 10.2. The Morgan fingerprint density at radius 1 is 0.923 bits per heavy atom. The summed E-state index contributed by atoms with van der Waals surface area (Å²) in [6, 6.07) is 13.9. The van der Waals surface area contributed by atoms with E-state index in [-0.39, 0.29) is 19.2 Å². The van der Waals surface area contributed by atoms with Crippen molar-refractivity contribution >= 4 is 18.0 Å². The molecule has 0 saturated carbocycles. The van der Waals surface area contributed by atoms with Crippen LogP contribution in [-0.4, -0.2) is 32.3 Å². The van der Waals surface area contributed by atoms with Crippen LogP contribution in [0.1, 0.15) is 22.8 Å². The largest absolute Gasteiger partial charge is 0.497 e. The zero-order valence-corrected chi connectivity index (χ0v) is 14.6. The first-order valence-corrected chi connectivity index (χ1v) is 7.96. The van der Waals surface area contributed by atoms with Crippen LogP contribution in [-0.2, 0) is 14.3 Å². The number of hydrogen-bond donors (Lipinski definition) is 0. The maximum atomic E-state index is 11.9. The Morgan fingerprint density at radius 3 is 2.19 bits per heavy atom. The van der Waals surface area contributed by atoms with E-state index >= 15 is 0 Å². The van der Waals surface area contributed by atoms with Gasteiger partial charge in [0.1, 0.15) is 24.7 Å². The molecule has 6 nitrogen and oxygen atoms in total. The summed E-state index contributed by atoms with van der Waals surface area (Å²) in [7, 11) is 1.56. The molecule has 6 heteroatoms. The summed E-state index contributed by atoms with van der Waals surface area (Å²) in [5.74, 6) is 0.546. The van der Waals surface area contributed by atoms with Gasteiger partial charge in [0.25, 0.3) is 0 Å². The summed E-state index contributed by atoms with van der Waals surface area (Å²) >= 11 is 0. The van der Waals surface area contributed by atoms with E-state index in [1.54, 1.807) is 49.6 Å². The van der Waals surface area contributed by atoms with Gasteiger partial charge in [-0.05, 0) is 48.0 Å². The van der Waals surface area contributed by atoms with Crippen LogP contribution in [0.2, 0.25) is 0 Å². The summed E-state index contributed by atoms with van der Waals surface area (Å²) in [6.07, 6.45) is 3.01. The molecule has 2 rings (SSSR count). The van der Waals surface area contributed by atoms with Gasteiger partial charge in [0, 0.05) is 6.92 Å². The van der Waals surface area contributed by atoms with Crippen LogP contribution in [0.4, 0.5) is 0 Å². The normalized spacial score (nSPS) is 10.4. The van der Waals surface area contributed by atoms with Crippen LogP contribution in [0.25, 0.3) is 6.08 Å². The molecule has 0 aromatic heterocycles. The standard InChI is InChI=1S/C20H20O6/c1-15(21)24-13-14-25-19-7-3-16(4-8-19)11-12-26-20(22)17-5-9-18(23-2)10-6-17/h3-12H,13-14H2,1-2H3/b12-11+. The van der Waals surface area contributed by atoms with Crippen LogP contribution >= 0.6 is 0 Å². The molecule has 0 amide bonds. The van der Waals surface area contributed by atoms with Gasteiger partial charge in [0.15, 0.2) is 0 Å². The van der Waals surface area contributed by atoms with Crippen LogP contribution in [0.5, 0.6) is 11.5 Å². The highest BCUT2D eigenvalue weighted by Crippen LogP contribution is 2.14. The Labute approximate surface area is 151 Å². The third-order valence-corrected chi connectivity index (χ3v) is 3.30. The molecule has 0 aliphatic rings. The van der Waals surface area contributed by atoms with Gasteiger partial charge in [-0.25, -0.2) is 4.79 Å². The van der Waals surface area contributed by atoms with Gasteiger partial charge in [-0.15, -0.1) is 0 Å². The van der Waals surface area contributed by atoms with Gasteiger partial charge in [0.2, 0.25) is 0 Å². The molecule has 0 heterocycles. The number of rotatable bonds is 8. The molecule has 136 valence electrons. The second-order valence-corrected chi connectivity index (χ2v) is 5.19. The highest BCUT2D eigenvalue weighted by atomic mass is 16.6. The lowest BCUT2D eigenvalue weighted by Crippen LogP contribution is -2.09. The number of methoxy groups -OCH3 is 1. The molecule has 0 radical (unpaired) electrons. The van der Waals surface area contributed by atoms with Gasteiger partial charge in [-0.3, -0.25) is 4.79 Å². The lowest BCUT2D eigenvalue weighted by Gasteiger charge is -2.06. The van der Waals surface area contributed by atoms with Crippen molar-refractivity contribution in [1.29, 1.82) is 0 Å². The predicted octanol–water partition coefficient (Wildman–Crippen LogP) is 3.46. The highest BCUT2D eigenvalue weighted by Gasteiger charge is 2.05. The fourth-order valence-electron chi connectivity index (χ4n) is 1.99. The molecule has 0 aliphatic heterocycles. The molecule has 2 aromatic carbocycles. The maximum Gasteiger partial charge on any atom is 0.342 e. The van der Waals surface area contributed by atoms with Crippen molar-refractivity contribution in [3.05, 3.63) is 65.9 Å². The number of esters is 2. The van der Waals surface area contributed by atoms with Crippen LogP contribution in [0.15, 0.2) is 54.8 Å². The second kappa shape index (κ2) is 9.88. The van der Waals surface area contributed by atoms with E-state index < -0.39 is 5.97 Å². The Hall–Kier alpha value is -3.28. The Balaban J connectivity index is 1.80. The van der Waals surface area contributed by atoms with Gasteiger partial charge >= 0.3 is 11.9 Å². The molecule has 0 aliphatic carbocycles. The molecule has 0 saturated heterocycles. The van der Waals surface area contributed by atoms with Crippen LogP contribution in [0.3, 0.4) is 0 Å². The van der Waals surface area contributed by atoms with Crippen molar-refractivity contribution in [2.75, 3.05) is 20.3 Å².